The van der Waals surface area contributed by atoms with Crippen molar-refractivity contribution in [2.45, 2.75) is 59.9 Å². The highest BCUT2D eigenvalue weighted by Gasteiger charge is 2.21. The Balaban J connectivity index is 2.64. The summed E-state index contributed by atoms with van der Waals surface area (Å²) in [6, 6.07) is 7.96. The van der Waals surface area contributed by atoms with E-state index in [0.717, 1.165) is 5.69 Å². The van der Waals surface area contributed by atoms with E-state index >= 15 is 0 Å². The number of nitrogens with one attached hydrogen (secondary N) is 2. The fourth-order valence-electron chi connectivity index (χ4n) is 1.63. The minimum Gasteiger partial charge on any atom is -0.335 e. The maximum atomic E-state index is 11.9. The molecule has 0 bridgehead atoms. The van der Waals surface area contributed by atoms with Crippen molar-refractivity contribution in [3.63, 3.8) is 0 Å². The normalized spacial score (nSPS) is 13.8. The fraction of sp³-hybridized carbons (Fsp3) is 0.588. The van der Waals surface area contributed by atoms with E-state index in [-0.39, 0.29) is 22.9 Å². The molecule has 0 aliphatic rings. The van der Waals surface area contributed by atoms with Crippen molar-refractivity contribution in [3.05, 3.63) is 29.8 Å². The van der Waals surface area contributed by atoms with E-state index in [1.165, 1.54) is 5.56 Å². The highest BCUT2D eigenvalue weighted by Crippen LogP contribution is 2.23. The van der Waals surface area contributed by atoms with Gasteiger partial charge in [-0.2, -0.15) is 0 Å². The lowest BCUT2D eigenvalue weighted by molar-refractivity contribution is 0.233. The molecule has 0 spiro atoms. The van der Waals surface area contributed by atoms with Crippen molar-refractivity contribution in [1.82, 2.24) is 5.32 Å². The van der Waals surface area contributed by atoms with E-state index < -0.39 is 0 Å². The largest absolute Gasteiger partial charge is 0.335 e. The molecule has 0 saturated heterocycles. The molecule has 112 valence electrons. The van der Waals surface area contributed by atoms with Gasteiger partial charge in [0, 0.05) is 11.7 Å². The summed E-state index contributed by atoms with van der Waals surface area (Å²) in [6.07, 6.45) is 0. The molecule has 0 saturated carbocycles. The summed E-state index contributed by atoms with van der Waals surface area (Å²) in [5.41, 5.74) is 2.25. The van der Waals surface area contributed by atoms with Gasteiger partial charge < -0.3 is 10.6 Å². The predicted octanol–water partition coefficient (Wildman–Crippen LogP) is 4.54. The highest BCUT2D eigenvalue weighted by molar-refractivity contribution is 5.89. The molecule has 0 aliphatic heterocycles. The smallest absolute Gasteiger partial charge is 0.319 e. The van der Waals surface area contributed by atoms with Gasteiger partial charge in [0.1, 0.15) is 0 Å². The van der Waals surface area contributed by atoms with Crippen LogP contribution in [0.25, 0.3) is 0 Å². The molecule has 1 aromatic rings. The number of carbonyl (C=O) groups excluding carboxylic acids is 1. The van der Waals surface area contributed by atoms with Crippen LogP contribution in [-0.2, 0) is 5.41 Å². The van der Waals surface area contributed by atoms with Crippen LogP contribution in [0.4, 0.5) is 10.5 Å². The monoisotopic (exact) mass is 276 g/mol. The second kappa shape index (κ2) is 5.86. The van der Waals surface area contributed by atoms with Crippen LogP contribution in [0.5, 0.6) is 0 Å². The van der Waals surface area contributed by atoms with Crippen molar-refractivity contribution in [2.75, 3.05) is 5.32 Å². The minimum atomic E-state index is -0.157. The summed E-state index contributed by atoms with van der Waals surface area (Å²) >= 11 is 0. The van der Waals surface area contributed by atoms with Crippen molar-refractivity contribution in [1.29, 1.82) is 0 Å². The first kappa shape index (κ1) is 16.5. The molecule has 20 heavy (non-hydrogen) atoms. The molecular formula is C17H28N2O. The summed E-state index contributed by atoms with van der Waals surface area (Å²) < 4.78 is 0. The van der Waals surface area contributed by atoms with Crippen LogP contribution in [0.15, 0.2) is 24.3 Å². The molecule has 1 rings (SSSR count). The van der Waals surface area contributed by atoms with E-state index in [0.29, 0.717) is 0 Å². The maximum absolute atomic E-state index is 11.9. The third-order valence-corrected chi connectivity index (χ3v) is 3.66. The minimum absolute atomic E-state index is 0.0490. The number of hydrogen-bond acceptors (Lipinski definition) is 1. The molecule has 0 aliphatic carbocycles. The van der Waals surface area contributed by atoms with Crippen LogP contribution in [0.3, 0.4) is 0 Å². The molecule has 0 heterocycles. The lowest BCUT2D eigenvalue weighted by Crippen LogP contribution is -2.43. The first-order valence-electron chi connectivity index (χ1n) is 7.18. The summed E-state index contributed by atoms with van der Waals surface area (Å²) in [4.78, 5) is 11.9. The first-order chi connectivity index (χ1) is 9.00. The molecule has 0 fully saturated rings. The summed E-state index contributed by atoms with van der Waals surface area (Å²) in [5.74, 6) is 0. The van der Waals surface area contributed by atoms with Gasteiger partial charge in [-0.1, -0.05) is 53.7 Å². The third kappa shape index (κ3) is 4.87. The average Bonchev–Trinajstić information content (AvgIpc) is 2.26. The van der Waals surface area contributed by atoms with Gasteiger partial charge in [-0.25, -0.2) is 4.79 Å². The third-order valence-electron chi connectivity index (χ3n) is 3.66. The Hall–Kier alpha value is -1.51. The lowest BCUT2D eigenvalue weighted by atomic mass is 9.87. The molecule has 1 unspecified atom stereocenters. The second-order valence-corrected chi connectivity index (χ2v) is 7.51. The lowest BCUT2D eigenvalue weighted by Gasteiger charge is -2.28. The SMILES string of the molecule is CC(NC(=O)Nc1ccc(C(C)(C)C)cc1)C(C)(C)C. The van der Waals surface area contributed by atoms with Gasteiger partial charge in [0.05, 0.1) is 0 Å². The van der Waals surface area contributed by atoms with Crippen molar-refractivity contribution in [2.24, 2.45) is 5.41 Å². The Morgan fingerprint density at radius 3 is 1.90 bits per heavy atom. The van der Waals surface area contributed by atoms with Crippen LogP contribution in [0, 0.1) is 5.41 Å². The van der Waals surface area contributed by atoms with Gasteiger partial charge >= 0.3 is 6.03 Å². The number of urea groups is 1. The first-order valence-corrected chi connectivity index (χ1v) is 7.18. The molecule has 2 N–H and O–H groups in total. The Bertz CT molecular complexity index is 449. The van der Waals surface area contributed by atoms with Gasteiger partial charge in [0.25, 0.3) is 0 Å². The van der Waals surface area contributed by atoms with E-state index in [9.17, 15) is 4.79 Å². The molecule has 0 radical (unpaired) electrons. The number of rotatable bonds is 2. The Morgan fingerprint density at radius 2 is 1.50 bits per heavy atom. The number of hydrogen-bond donors (Lipinski definition) is 2. The number of anilines is 1. The molecular weight excluding hydrogens is 248 g/mol. The Kier molecular flexibility index (Phi) is 4.85. The maximum Gasteiger partial charge on any atom is 0.319 e. The zero-order valence-corrected chi connectivity index (χ0v) is 13.8. The number of amides is 2. The highest BCUT2D eigenvalue weighted by atomic mass is 16.2. The molecule has 1 aromatic carbocycles. The topological polar surface area (TPSA) is 41.1 Å². The van der Waals surface area contributed by atoms with E-state index in [4.69, 9.17) is 0 Å². The van der Waals surface area contributed by atoms with Crippen molar-refractivity contribution >= 4 is 11.7 Å². The van der Waals surface area contributed by atoms with E-state index in [1.807, 2.05) is 19.1 Å². The predicted molar refractivity (Wildman–Crippen MR) is 86.2 cm³/mol. The molecule has 1 atom stereocenters. The zero-order valence-electron chi connectivity index (χ0n) is 13.8. The summed E-state index contributed by atoms with van der Waals surface area (Å²) in [7, 11) is 0. The van der Waals surface area contributed by atoms with Gasteiger partial charge in [-0.05, 0) is 35.4 Å². The molecule has 3 nitrogen and oxygen atoms in total. The Labute approximate surface area is 123 Å². The van der Waals surface area contributed by atoms with E-state index in [1.54, 1.807) is 0 Å². The number of carbonyl (C=O) groups is 1. The molecule has 3 heteroatoms. The van der Waals surface area contributed by atoms with Gasteiger partial charge in [0.15, 0.2) is 0 Å². The number of benzene rings is 1. The van der Waals surface area contributed by atoms with Gasteiger partial charge in [-0.15, -0.1) is 0 Å². The van der Waals surface area contributed by atoms with Crippen molar-refractivity contribution in [3.8, 4) is 0 Å². The van der Waals surface area contributed by atoms with Crippen LogP contribution in [0.1, 0.15) is 54.0 Å². The van der Waals surface area contributed by atoms with Crippen molar-refractivity contribution < 1.29 is 4.79 Å². The molecule has 0 aromatic heterocycles. The van der Waals surface area contributed by atoms with E-state index in [2.05, 4.69) is 64.3 Å². The second-order valence-electron chi connectivity index (χ2n) is 7.51. The van der Waals surface area contributed by atoms with Gasteiger partial charge in [-0.3, -0.25) is 0 Å². The average molecular weight is 276 g/mol. The van der Waals surface area contributed by atoms with Crippen LogP contribution in [-0.4, -0.2) is 12.1 Å². The van der Waals surface area contributed by atoms with Crippen LogP contribution in [0.2, 0.25) is 0 Å². The zero-order chi connectivity index (χ0) is 15.6. The Morgan fingerprint density at radius 1 is 1.00 bits per heavy atom. The summed E-state index contributed by atoms with van der Waals surface area (Å²) in [6.45, 7) is 14.9. The summed E-state index contributed by atoms with van der Waals surface area (Å²) in [5, 5.41) is 5.84. The van der Waals surface area contributed by atoms with Crippen LogP contribution >= 0.6 is 0 Å². The fourth-order valence-corrected chi connectivity index (χ4v) is 1.63. The van der Waals surface area contributed by atoms with Gasteiger partial charge in [0.2, 0.25) is 0 Å². The van der Waals surface area contributed by atoms with Crippen LogP contribution < -0.4 is 10.6 Å². The standard InChI is InChI=1S/C17H28N2O/c1-12(16(2,3)4)18-15(20)19-14-10-8-13(9-11-14)17(5,6)7/h8-12H,1-7H3,(H2,18,19,20). The quantitative estimate of drug-likeness (QED) is 0.818. The molecule has 2 amide bonds.